The highest BCUT2D eigenvalue weighted by Gasteiger charge is 2.27. The van der Waals surface area contributed by atoms with Crippen molar-refractivity contribution in [2.75, 3.05) is 13.1 Å². The van der Waals surface area contributed by atoms with Crippen molar-refractivity contribution in [3.8, 4) is 10.6 Å². The minimum atomic E-state index is 0.134. The first-order chi connectivity index (χ1) is 15.1. The quantitative estimate of drug-likeness (QED) is 0.715. The van der Waals surface area contributed by atoms with Crippen LogP contribution >= 0.6 is 11.3 Å². The summed E-state index contributed by atoms with van der Waals surface area (Å²) >= 11 is 1.60. The molecule has 0 atom stereocenters. The average molecular weight is 440 g/mol. The zero-order chi connectivity index (χ0) is 21.6. The summed E-state index contributed by atoms with van der Waals surface area (Å²) < 4.78 is 0. The fraction of sp³-hybridized carbons (Fsp3) is 0.560. The van der Waals surface area contributed by atoms with E-state index in [1.165, 1.54) is 24.8 Å². The van der Waals surface area contributed by atoms with Gasteiger partial charge >= 0.3 is 0 Å². The molecule has 1 aromatic heterocycles. The van der Waals surface area contributed by atoms with Crippen LogP contribution in [0.2, 0.25) is 0 Å². The Morgan fingerprint density at radius 1 is 1.06 bits per heavy atom. The first-order valence-electron chi connectivity index (χ1n) is 11.7. The first kappa shape index (κ1) is 22.0. The highest BCUT2D eigenvalue weighted by atomic mass is 32.1. The van der Waals surface area contributed by atoms with Crippen LogP contribution in [0.15, 0.2) is 29.6 Å². The Labute approximate surface area is 189 Å². The molecule has 0 spiro atoms. The molecule has 2 fully saturated rings. The molecule has 2 heterocycles. The molecule has 5 nitrogen and oxygen atoms in total. The van der Waals surface area contributed by atoms with Gasteiger partial charge in [-0.2, -0.15) is 0 Å². The molecule has 0 bridgehead atoms. The number of aromatic nitrogens is 1. The van der Waals surface area contributed by atoms with Crippen molar-refractivity contribution < 1.29 is 9.59 Å². The average Bonchev–Trinajstić information content (AvgIpc) is 3.28. The molecule has 1 aromatic carbocycles. The van der Waals surface area contributed by atoms with E-state index in [0.29, 0.717) is 19.5 Å². The maximum atomic E-state index is 12.8. The second-order valence-corrected chi connectivity index (χ2v) is 9.73. The maximum Gasteiger partial charge on any atom is 0.228 e. The largest absolute Gasteiger partial charge is 0.353 e. The monoisotopic (exact) mass is 439 g/mol. The SMILES string of the molecule is CCc1ccc(-c2nc(CC(=O)N3CCC(NC(=O)C4CCCCC4)CC3)cs2)cc1. The second kappa shape index (κ2) is 10.4. The van der Waals surface area contributed by atoms with Gasteiger partial charge in [0.15, 0.2) is 0 Å². The lowest BCUT2D eigenvalue weighted by Crippen LogP contribution is -2.48. The van der Waals surface area contributed by atoms with E-state index in [2.05, 4.69) is 36.5 Å². The predicted octanol–water partition coefficient (Wildman–Crippen LogP) is 4.60. The number of hydrogen-bond donors (Lipinski definition) is 1. The van der Waals surface area contributed by atoms with Crippen LogP contribution in [0, 0.1) is 5.92 Å². The van der Waals surface area contributed by atoms with Crippen molar-refractivity contribution in [3.05, 3.63) is 40.9 Å². The van der Waals surface area contributed by atoms with Crippen molar-refractivity contribution in [2.45, 2.75) is 70.8 Å². The van der Waals surface area contributed by atoms with Crippen LogP contribution in [0.5, 0.6) is 0 Å². The van der Waals surface area contributed by atoms with E-state index in [1.54, 1.807) is 11.3 Å². The third kappa shape index (κ3) is 5.73. The molecule has 1 N–H and O–H groups in total. The van der Waals surface area contributed by atoms with Gasteiger partial charge in [0.05, 0.1) is 12.1 Å². The number of thiazole rings is 1. The molecule has 4 rings (SSSR count). The molecule has 1 saturated carbocycles. The fourth-order valence-electron chi connectivity index (χ4n) is 4.63. The number of nitrogens with zero attached hydrogens (tertiary/aromatic N) is 2. The number of nitrogens with one attached hydrogen (secondary N) is 1. The number of rotatable bonds is 6. The highest BCUT2D eigenvalue weighted by molar-refractivity contribution is 7.13. The normalized spacial score (nSPS) is 18.2. The van der Waals surface area contributed by atoms with Gasteiger partial charge in [-0.05, 0) is 37.7 Å². The van der Waals surface area contributed by atoms with Gasteiger partial charge in [-0.3, -0.25) is 9.59 Å². The summed E-state index contributed by atoms with van der Waals surface area (Å²) in [7, 11) is 0. The third-order valence-electron chi connectivity index (χ3n) is 6.66. The Hall–Kier alpha value is -2.21. The number of benzene rings is 1. The Morgan fingerprint density at radius 3 is 2.45 bits per heavy atom. The molecule has 2 aromatic rings. The molecular formula is C25H33N3O2S. The van der Waals surface area contributed by atoms with Gasteiger partial charge in [0.25, 0.3) is 0 Å². The predicted molar refractivity (Wildman–Crippen MR) is 125 cm³/mol. The van der Waals surface area contributed by atoms with E-state index in [-0.39, 0.29) is 23.8 Å². The third-order valence-corrected chi connectivity index (χ3v) is 7.60. The highest BCUT2D eigenvalue weighted by Crippen LogP contribution is 2.26. The molecule has 1 aliphatic carbocycles. The number of carbonyl (C=O) groups excluding carboxylic acids is 2. The lowest BCUT2D eigenvalue weighted by molar-refractivity contribution is -0.132. The molecule has 2 aliphatic rings. The number of likely N-dealkylation sites (tertiary alicyclic amines) is 1. The van der Waals surface area contributed by atoms with Gasteiger partial charge in [0.2, 0.25) is 11.8 Å². The van der Waals surface area contributed by atoms with E-state index in [1.807, 2.05) is 10.3 Å². The number of piperidine rings is 1. The summed E-state index contributed by atoms with van der Waals surface area (Å²) in [5, 5.41) is 6.21. The van der Waals surface area contributed by atoms with Gasteiger partial charge in [0, 0.05) is 36.0 Å². The first-order valence-corrected chi connectivity index (χ1v) is 12.6. The Morgan fingerprint density at radius 2 is 1.77 bits per heavy atom. The van der Waals surface area contributed by atoms with E-state index in [4.69, 9.17) is 4.98 Å². The molecule has 1 aliphatic heterocycles. The van der Waals surface area contributed by atoms with Gasteiger partial charge < -0.3 is 10.2 Å². The zero-order valence-corrected chi connectivity index (χ0v) is 19.3. The summed E-state index contributed by atoms with van der Waals surface area (Å²) in [4.78, 5) is 31.9. The molecule has 31 heavy (non-hydrogen) atoms. The number of hydrogen-bond acceptors (Lipinski definition) is 4. The van der Waals surface area contributed by atoms with Crippen LogP contribution in [-0.4, -0.2) is 40.8 Å². The molecule has 6 heteroatoms. The summed E-state index contributed by atoms with van der Waals surface area (Å²) in [6.45, 7) is 3.57. The van der Waals surface area contributed by atoms with Crippen molar-refractivity contribution >= 4 is 23.2 Å². The van der Waals surface area contributed by atoms with Gasteiger partial charge in [-0.25, -0.2) is 4.98 Å². The van der Waals surface area contributed by atoms with Crippen molar-refractivity contribution in [1.82, 2.24) is 15.2 Å². The molecule has 1 saturated heterocycles. The topological polar surface area (TPSA) is 62.3 Å². The number of carbonyl (C=O) groups is 2. The van der Waals surface area contributed by atoms with Crippen LogP contribution in [0.4, 0.5) is 0 Å². The van der Waals surface area contributed by atoms with Crippen molar-refractivity contribution in [1.29, 1.82) is 0 Å². The van der Waals surface area contributed by atoms with Gasteiger partial charge in [0.1, 0.15) is 5.01 Å². The molecule has 166 valence electrons. The van der Waals surface area contributed by atoms with Gasteiger partial charge in [-0.1, -0.05) is 50.5 Å². The maximum absolute atomic E-state index is 12.8. The molecule has 0 unspecified atom stereocenters. The van der Waals surface area contributed by atoms with E-state index in [0.717, 1.165) is 48.4 Å². The lowest BCUT2D eigenvalue weighted by atomic mass is 9.88. The number of aryl methyl sites for hydroxylation is 1. The summed E-state index contributed by atoms with van der Waals surface area (Å²) in [6, 6.07) is 8.69. The lowest BCUT2D eigenvalue weighted by Gasteiger charge is -2.33. The van der Waals surface area contributed by atoms with Crippen molar-refractivity contribution in [3.63, 3.8) is 0 Å². The van der Waals surface area contributed by atoms with Crippen LogP contribution in [0.25, 0.3) is 10.6 Å². The van der Waals surface area contributed by atoms with Crippen LogP contribution < -0.4 is 5.32 Å². The molecular weight excluding hydrogens is 406 g/mol. The number of amides is 2. The summed E-state index contributed by atoms with van der Waals surface area (Å²) in [6.07, 6.45) is 8.73. The Balaban J connectivity index is 1.24. The zero-order valence-electron chi connectivity index (χ0n) is 18.4. The Kier molecular flexibility index (Phi) is 7.38. The molecule has 2 amide bonds. The Bertz CT molecular complexity index is 878. The fourth-order valence-corrected chi connectivity index (χ4v) is 5.45. The van der Waals surface area contributed by atoms with Crippen LogP contribution in [0.3, 0.4) is 0 Å². The van der Waals surface area contributed by atoms with Gasteiger partial charge in [-0.15, -0.1) is 11.3 Å². The standard InChI is InChI=1S/C25H33N3O2S/c1-2-18-8-10-20(11-9-18)25-27-22(17-31-25)16-23(29)28-14-12-21(13-15-28)26-24(30)19-6-4-3-5-7-19/h8-11,17,19,21H,2-7,12-16H2,1H3,(H,26,30). The summed E-state index contributed by atoms with van der Waals surface area (Å²) in [5.41, 5.74) is 3.27. The van der Waals surface area contributed by atoms with E-state index >= 15 is 0 Å². The second-order valence-electron chi connectivity index (χ2n) is 8.87. The van der Waals surface area contributed by atoms with Crippen molar-refractivity contribution in [2.24, 2.45) is 5.92 Å². The smallest absolute Gasteiger partial charge is 0.228 e. The summed E-state index contributed by atoms with van der Waals surface area (Å²) in [5.74, 6) is 0.562. The van der Waals surface area contributed by atoms with Crippen LogP contribution in [-0.2, 0) is 22.4 Å². The van der Waals surface area contributed by atoms with E-state index in [9.17, 15) is 9.59 Å². The molecule has 0 radical (unpaired) electrons. The van der Waals surface area contributed by atoms with E-state index < -0.39 is 0 Å². The minimum Gasteiger partial charge on any atom is -0.353 e. The van der Waals surface area contributed by atoms with Crippen LogP contribution in [0.1, 0.15) is 63.1 Å². The minimum absolute atomic E-state index is 0.134.